The first-order chi connectivity index (χ1) is 10.2. The Morgan fingerprint density at radius 1 is 0.905 bits per heavy atom. The normalized spacial score (nSPS) is 16.4. The van der Waals surface area contributed by atoms with E-state index in [0.29, 0.717) is 5.92 Å². The van der Waals surface area contributed by atoms with Gasteiger partial charge in [-0.3, -0.25) is 0 Å². The SMILES string of the molecule is CC1C=Cc2cc(-c3cccc4ccccc34)c(Br)cc21. The molecule has 102 valence electrons. The van der Waals surface area contributed by atoms with Crippen molar-refractivity contribution in [3.05, 3.63) is 76.3 Å². The van der Waals surface area contributed by atoms with Crippen LogP contribution in [0.2, 0.25) is 0 Å². The standard InChI is InChI=1S/C20H15Br/c1-13-9-10-15-11-19(20(21)12-18(13)15)17-8-4-6-14-5-2-3-7-16(14)17/h2-13H,1H3. The largest absolute Gasteiger partial charge is 0.0767 e. The van der Waals surface area contributed by atoms with Crippen molar-refractivity contribution in [3.63, 3.8) is 0 Å². The van der Waals surface area contributed by atoms with E-state index in [2.05, 4.69) is 89.6 Å². The van der Waals surface area contributed by atoms with Crippen molar-refractivity contribution in [2.24, 2.45) is 0 Å². The van der Waals surface area contributed by atoms with E-state index in [1.54, 1.807) is 0 Å². The van der Waals surface area contributed by atoms with E-state index in [1.807, 2.05) is 0 Å². The van der Waals surface area contributed by atoms with Crippen LogP contribution in [0.25, 0.3) is 28.0 Å². The summed E-state index contributed by atoms with van der Waals surface area (Å²) in [4.78, 5) is 0. The second-order valence-corrected chi connectivity index (χ2v) is 6.49. The number of hydrogen-bond donors (Lipinski definition) is 0. The Morgan fingerprint density at radius 3 is 2.62 bits per heavy atom. The number of fused-ring (bicyclic) bond motifs is 2. The van der Waals surface area contributed by atoms with E-state index in [0.717, 1.165) is 0 Å². The van der Waals surface area contributed by atoms with Crippen LogP contribution in [0.15, 0.2) is 65.1 Å². The maximum absolute atomic E-state index is 3.77. The molecule has 1 atom stereocenters. The zero-order valence-corrected chi connectivity index (χ0v) is 13.4. The van der Waals surface area contributed by atoms with Crippen LogP contribution in [0.4, 0.5) is 0 Å². The van der Waals surface area contributed by atoms with E-state index >= 15 is 0 Å². The van der Waals surface area contributed by atoms with Gasteiger partial charge in [0.1, 0.15) is 0 Å². The molecule has 0 bridgehead atoms. The van der Waals surface area contributed by atoms with E-state index in [4.69, 9.17) is 0 Å². The van der Waals surface area contributed by atoms with Crippen molar-refractivity contribution in [2.45, 2.75) is 12.8 Å². The average molecular weight is 335 g/mol. The lowest BCUT2D eigenvalue weighted by Crippen LogP contribution is -1.90. The van der Waals surface area contributed by atoms with Crippen LogP contribution in [0, 0.1) is 0 Å². The predicted octanol–water partition coefficient (Wildman–Crippen LogP) is 6.40. The quantitative estimate of drug-likeness (QED) is 0.483. The third kappa shape index (κ3) is 2.04. The summed E-state index contributed by atoms with van der Waals surface area (Å²) >= 11 is 3.77. The fourth-order valence-corrected chi connectivity index (χ4v) is 3.74. The Hall–Kier alpha value is -1.86. The minimum absolute atomic E-state index is 0.512. The zero-order chi connectivity index (χ0) is 14.4. The molecule has 1 unspecified atom stereocenters. The van der Waals surface area contributed by atoms with E-state index in [1.165, 1.54) is 37.5 Å². The van der Waals surface area contributed by atoms with Gasteiger partial charge in [-0.2, -0.15) is 0 Å². The lowest BCUT2D eigenvalue weighted by molar-refractivity contribution is 0.989. The molecule has 4 rings (SSSR count). The monoisotopic (exact) mass is 334 g/mol. The van der Waals surface area contributed by atoms with Crippen LogP contribution >= 0.6 is 15.9 Å². The molecule has 0 amide bonds. The molecule has 1 aliphatic carbocycles. The molecule has 1 heteroatoms. The summed E-state index contributed by atoms with van der Waals surface area (Å²) in [6.07, 6.45) is 4.51. The number of rotatable bonds is 1. The third-order valence-corrected chi connectivity index (χ3v) is 4.96. The Labute approximate surface area is 133 Å². The Balaban J connectivity index is 2.00. The summed E-state index contributed by atoms with van der Waals surface area (Å²) in [5, 5.41) is 2.59. The molecule has 3 aromatic rings. The fraction of sp³-hybridized carbons (Fsp3) is 0.100. The number of benzene rings is 3. The first kappa shape index (κ1) is 12.8. The van der Waals surface area contributed by atoms with Gasteiger partial charge < -0.3 is 0 Å². The minimum atomic E-state index is 0.512. The molecule has 0 saturated heterocycles. The summed E-state index contributed by atoms with van der Waals surface area (Å²) in [5.41, 5.74) is 5.31. The third-order valence-electron chi connectivity index (χ3n) is 4.31. The summed E-state index contributed by atoms with van der Waals surface area (Å²) in [7, 11) is 0. The summed E-state index contributed by atoms with van der Waals surface area (Å²) in [5.74, 6) is 0.512. The molecule has 0 spiro atoms. The van der Waals surface area contributed by atoms with Crippen LogP contribution in [0.5, 0.6) is 0 Å². The Kier molecular flexibility index (Phi) is 2.97. The molecule has 0 aliphatic heterocycles. The molecule has 0 fully saturated rings. The predicted molar refractivity (Wildman–Crippen MR) is 94.5 cm³/mol. The molecule has 3 aromatic carbocycles. The Morgan fingerprint density at radius 2 is 1.71 bits per heavy atom. The number of allylic oxidation sites excluding steroid dienone is 1. The minimum Gasteiger partial charge on any atom is -0.0767 e. The van der Waals surface area contributed by atoms with Gasteiger partial charge in [-0.25, -0.2) is 0 Å². The zero-order valence-electron chi connectivity index (χ0n) is 11.8. The summed E-state index contributed by atoms with van der Waals surface area (Å²) in [6.45, 7) is 2.24. The first-order valence-corrected chi connectivity index (χ1v) is 8.03. The molecular weight excluding hydrogens is 320 g/mol. The van der Waals surface area contributed by atoms with E-state index < -0.39 is 0 Å². The van der Waals surface area contributed by atoms with Crippen molar-refractivity contribution in [1.82, 2.24) is 0 Å². The molecule has 0 aromatic heterocycles. The van der Waals surface area contributed by atoms with Gasteiger partial charge in [0, 0.05) is 4.47 Å². The van der Waals surface area contributed by atoms with Crippen molar-refractivity contribution >= 4 is 32.8 Å². The van der Waals surface area contributed by atoms with Crippen LogP contribution in [0.1, 0.15) is 24.0 Å². The highest BCUT2D eigenvalue weighted by molar-refractivity contribution is 9.10. The smallest absolute Gasteiger partial charge is 0.0257 e. The van der Waals surface area contributed by atoms with Gasteiger partial charge in [-0.15, -0.1) is 0 Å². The first-order valence-electron chi connectivity index (χ1n) is 7.24. The van der Waals surface area contributed by atoms with E-state index in [9.17, 15) is 0 Å². The lowest BCUT2D eigenvalue weighted by Gasteiger charge is -2.13. The van der Waals surface area contributed by atoms with Crippen molar-refractivity contribution in [1.29, 1.82) is 0 Å². The van der Waals surface area contributed by atoms with Crippen LogP contribution in [-0.2, 0) is 0 Å². The van der Waals surface area contributed by atoms with Gasteiger partial charge in [0.05, 0.1) is 0 Å². The molecular formula is C20H15Br. The fourth-order valence-electron chi connectivity index (χ4n) is 3.16. The molecule has 0 heterocycles. The van der Waals surface area contributed by atoms with Crippen LogP contribution < -0.4 is 0 Å². The second-order valence-electron chi connectivity index (χ2n) is 5.64. The maximum atomic E-state index is 3.77. The topological polar surface area (TPSA) is 0 Å². The summed E-state index contributed by atoms with van der Waals surface area (Å²) < 4.78 is 1.17. The van der Waals surface area contributed by atoms with E-state index in [-0.39, 0.29) is 0 Å². The van der Waals surface area contributed by atoms with Crippen molar-refractivity contribution in [2.75, 3.05) is 0 Å². The summed E-state index contributed by atoms with van der Waals surface area (Å²) in [6, 6.07) is 19.7. The lowest BCUT2D eigenvalue weighted by atomic mass is 9.94. The van der Waals surface area contributed by atoms with Gasteiger partial charge in [0.25, 0.3) is 0 Å². The van der Waals surface area contributed by atoms with Crippen molar-refractivity contribution < 1.29 is 0 Å². The average Bonchev–Trinajstić information content (AvgIpc) is 2.87. The number of hydrogen-bond acceptors (Lipinski definition) is 0. The van der Waals surface area contributed by atoms with Crippen LogP contribution in [0.3, 0.4) is 0 Å². The molecule has 21 heavy (non-hydrogen) atoms. The highest BCUT2D eigenvalue weighted by Crippen LogP contribution is 2.40. The van der Waals surface area contributed by atoms with Crippen LogP contribution in [-0.4, -0.2) is 0 Å². The second kappa shape index (κ2) is 4.85. The highest BCUT2D eigenvalue weighted by Gasteiger charge is 2.16. The van der Waals surface area contributed by atoms with Gasteiger partial charge >= 0.3 is 0 Å². The van der Waals surface area contributed by atoms with Gasteiger partial charge in [-0.1, -0.05) is 77.5 Å². The van der Waals surface area contributed by atoms with Crippen molar-refractivity contribution in [3.8, 4) is 11.1 Å². The van der Waals surface area contributed by atoms with Gasteiger partial charge in [0.15, 0.2) is 0 Å². The number of halogens is 1. The molecule has 0 nitrogen and oxygen atoms in total. The molecule has 0 radical (unpaired) electrons. The molecule has 1 aliphatic rings. The Bertz CT molecular complexity index is 869. The molecule has 0 saturated carbocycles. The highest BCUT2D eigenvalue weighted by atomic mass is 79.9. The maximum Gasteiger partial charge on any atom is 0.0257 e. The van der Waals surface area contributed by atoms with Gasteiger partial charge in [-0.05, 0) is 51.1 Å². The molecule has 0 N–H and O–H groups in total. The van der Waals surface area contributed by atoms with Gasteiger partial charge in [0.2, 0.25) is 0 Å².